The maximum absolute atomic E-state index is 12.1. The number of carbonyl (C=O) groups is 1. The highest BCUT2D eigenvalue weighted by Crippen LogP contribution is 2.18. The summed E-state index contributed by atoms with van der Waals surface area (Å²) in [6, 6.07) is 10.9. The van der Waals surface area contributed by atoms with E-state index >= 15 is 0 Å². The van der Waals surface area contributed by atoms with E-state index in [0.29, 0.717) is 17.4 Å². The van der Waals surface area contributed by atoms with Crippen molar-refractivity contribution in [2.24, 2.45) is 0 Å². The molecule has 0 atom stereocenters. The molecule has 0 spiro atoms. The average Bonchev–Trinajstić information content (AvgIpc) is 2.61. The maximum Gasteiger partial charge on any atom is 0.271 e. The minimum Gasteiger partial charge on any atom is -0.347 e. The largest absolute Gasteiger partial charge is 0.347 e. The minimum atomic E-state index is -0.284. The fraction of sp³-hybridized carbons (Fsp3) is 0.0588. The van der Waals surface area contributed by atoms with Gasteiger partial charge in [-0.3, -0.25) is 9.78 Å². The molecule has 0 saturated heterocycles. The summed E-state index contributed by atoms with van der Waals surface area (Å²) in [4.78, 5) is 24.3. The second kappa shape index (κ2) is 7.52. The molecule has 2 N–H and O–H groups in total. The highest BCUT2D eigenvalue weighted by atomic mass is 35.5. The van der Waals surface area contributed by atoms with E-state index in [-0.39, 0.29) is 11.6 Å². The summed E-state index contributed by atoms with van der Waals surface area (Å²) < 4.78 is 0. The van der Waals surface area contributed by atoms with Gasteiger partial charge in [-0.2, -0.15) is 0 Å². The standard InChI is InChI=1S/C17H14ClN5O/c18-13-2-1-3-14(8-13)23-16-11-20-15(10-21-16)17(24)22-9-12-4-6-19-7-5-12/h1-8,10-11H,9H2,(H,21,23)(H,22,24). The Morgan fingerprint density at radius 1 is 1.08 bits per heavy atom. The molecule has 6 nitrogen and oxygen atoms in total. The smallest absolute Gasteiger partial charge is 0.271 e. The summed E-state index contributed by atoms with van der Waals surface area (Å²) in [5.41, 5.74) is 2.01. The number of hydrogen-bond donors (Lipinski definition) is 2. The number of amides is 1. The van der Waals surface area contributed by atoms with Crippen molar-refractivity contribution >= 4 is 29.0 Å². The summed E-state index contributed by atoms with van der Waals surface area (Å²) in [6.45, 7) is 0.408. The zero-order valence-corrected chi connectivity index (χ0v) is 13.4. The Labute approximate surface area is 143 Å². The predicted molar refractivity (Wildman–Crippen MR) is 92.2 cm³/mol. The Bertz CT molecular complexity index is 824. The van der Waals surface area contributed by atoms with Gasteiger partial charge in [0.1, 0.15) is 11.5 Å². The second-order valence-electron chi connectivity index (χ2n) is 4.96. The molecule has 3 rings (SSSR count). The summed E-state index contributed by atoms with van der Waals surface area (Å²) in [7, 11) is 0. The van der Waals surface area contributed by atoms with Crippen LogP contribution in [0.2, 0.25) is 5.02 Å². The molecule has 0 saturated carbocycles. The van der Waals surface area contributed by atoms with Crippen LogP contribution < -0.4 is 10.6 Å². The number of rotatable bonds is 5. The van der Waals surface area contributed by atoms with Crippen LogP contribution in [0.1, 0.15) is 16.1 Å². The molecule has 3 aromatic rings. The predicted octanol–water partition coefficient (Wildman–Crippen LogP) is 3.20. The van der Waals surface area contributed by atoms with E-state index in [1.165, 1.54) is 12.4 Å². The quantitative estimate of drug-likeness (QED) is 0.746. The van der Waals surface area contributed by atoms with Gasteiger partial charge in [0.2, 0.25) is 0 Å². The lowest BCUT2D eigenvalue weighted by Gasteiger charge is -2.07. The van der Waals surface area contributed by atoms with E-state index in [4.69, 9.17) is 11.6 Å². The van der Waals surface area contributed by atoms with Gasteiger partial charge in [-0.25, -0.2) is 9.97 Å². The molecule has 0 radical (unpaired) electrons. The molecule has 0 aliphatic carbocycles. The van der Waals surface area contributed by atoms with E-state index in [1.54, 1.807) is 24.5 Å². The van der Waals surface area contributed by atoms with Crippen molar-refractivity contribution in [1.82, 2.24) is 20.3 Å². The molecule has 1 aromatic carbocycles. The van der Waals surface area contributed by atoms with Crippen molar-refractivity contribution in [2.75, 3.05) is 5.32 Å². The van der Waals surface area contributed by atoms with Gasteiger partial charge in [-0.1, -0.05) is 17.7 Å². The SMILES string of the molecule is O=C(NCc1ccncc1)c1cnc(Nc2cccc(Cl)c2)cn1. The van der Waals surface area contributed by atoms with Crippen molar-refractivity contribution in [3.63, 3.8) is 0 Å². The first kappa shape index (κ1) is 15.9. The number of hydrogen-bond acceptors (Lipinski definition) is 5. The number of anilines is 2. The lowest BCUT2D eigenvalue weighted by Crippen LogP contribution is -2.24. The Morgan fingerprint density at radius 3 is 2.62 bits per heavy atom. The Balaban J connectivity index is 1.60. The van der Waals surface area contributed by atoms with E-state index in [2.05, 4.69) is 25.6 Å². The van der Waals surface area contributed by atoms with Crippen molar-refractivity contribution in [3.05, 3.63) is 77.5 Å². The fourth-order valence-electron chi connectivity index (χ4n) is 2.00. The average molecular weight is 340 g/mol. The van der Waals surface area contributed by atoms with Crippen LogP contribution in [-0.2, 0) is 6.54 Å². The van der Waals surface area contributed by atoms with E-state index < -0.39 is 0 Å². The highest BCUT2D eigenvalue weighted by molar-refractivity contribution is 6.30. The van der Waals surface area contributed by atoms with E-state index in [0.717, 1.165) is 11.3 Å². The van der Waals surface area contributed by atoms with Gasteiger partial charge in [-0.05, 0) is 35.9 Å². The van der Waals surface area contributed by atoms with Crippen LogP contribution >= 0.6 is 11.6 Å². The van der Waals surface area contributed by atoms with Crippen LogP contribution in [0.25, 0.3) is 0 Å². The first-order chi connectivity index (χ1) is 11.7. The fourth-order valence-corrected chi connectivity index (χ4v) is 2.19. The van der Waals surface area contributed by atoms with Gasteiger partial charge < -0.3 is 10.6 Å². The Hall–Kier alpha value is -2.99. The third kappa shape index (κ3) is 4.27. The molecule has 0 aliphatic heterocycles. The lowest BCUT2D eigenvalue weighted by atomic mass is 10.2. The lowest BCUT2D eigenvalue weighted by molar-refractivity contribution is 0.0945. The van der Waals surface area contributed by atoms with Crippen LogP contribution in [-0.4, -0.2) is 20.9 Å². The van der Waals surface area contributed by atoms with Gasteiger partial charge in [0.15, 0.2) is 0 Å². The molecular weight excluding hydrogens is 326 g/mol. The number of benzene rings is 1. The van der Waals surface area contributed by atoms with Crippen LogP contribution in [0.5, 0.6) is 0 Å². The second-order valence-corrected chi connectivity index (χ2v) is 5.40. The van der Waals surface area contributed by atoms with Crippen LogP contribution in [0.4, 0.5) is 11.5 Å². The number of nitrogens with zero attached hydrogens (tertiary/aromatic N) is 3. The van der Waals surface area contributed by atoms with Gasteiger partial charge in [0.05, 0.1) is 12.4 Å². The third-order valence-electron chi connectivity index (χ3n) is 3.18. The summed E-state index contributed by atoms with van der Waals surface area (Å²) >= 11 is 5.93. The van der Waals surface area contributed by atoms with Crippen LogP contribution in [0.3, 0.4) is 0 Å². The zero-order valence-electron chi connectivity index (χ0n) is 12.6. The van der Waals surface area contributed by atoms with Gasteiger partial charge in [0, 0.05) is 29.6 Å². The number of pyridine rings is 1. The molecule has 0 unspecified atom stereocenters. The molecular formula is C17H14ClN5O. The molecule has 1 amide bonds. The topological polar surface area (TPSA) is 79.8 Å². The molecule has 0 fully saturated rings. The first-order valence-electron chi connectivity index (χ1n) is 7.22. The molecule has 120 valence electrons. The molecule has 24 heavy (non-hydrogen) atoms. The summed E-state index contributed by atoms with van der Waals surface area (Å²) in [5, 5.41) is 6.48. The number of carbonyl (C=O) groups excluding carboxylic acids is 1. The Kier molecular flexibility index (Phi) is 4.98. The van der Waals surface area contributed by atoms with Crippen molar-refractivity contribution in [3.8, 4) is 0 Å². The van der Waals surface area contributed by atoms with Gasteiger partial charge in [-0.15, -0.1) is 0 Å². The van der Waals surface area contributed by atoms with E-state index in [1.807, 2.05) is 24.3 Å². The molecule has 0 bridgehead atoms. The molecule has 2 aromatic heterocycles. The molecule has 2 heterocycles. The normalized spacial score (nSPS) is 10.2. The summed E-state index contributed by atoms with van der Waals surface area (Å²) in [6.07, 6.45) is 6.28. The van der Waals surface area contributed by atoms with Crippen molar-refractivity contribution in [2.45, 2.75) is 6.54 Å². The molecule has 0 aliphatic rings. The highest BCUT2D eigenvalue weighted by Gasteiger charge is 2.08. The van der Waals surface area contributed by atoms with Gasteiger partial charge in [0.25, 0.3) is 5.91 Å². The minimum absolute atomic E-state index is 0.251. The maximum atomic E-state index is 12.1. The molecule has 7 heteroatoms. The number of aromatic nitrogens is 3. The third-order valence-corrected chi connectivity index (χ3v) is 3.42. The van der Waals surface area contributed by atoms with Crippen molar-refractivity contribution in [1.29, 1.82) is 0 Å². The zero-order chi connectivity index (χ0) is 16.8. The van der Waals surface area contributed by atoms with Crippen LogP contribution in [0, 0.1) is 0 Å². The van der Waals surface area contributed by atoms with E-state index in [9.17, 15) is 4.79 Å². The summed E-state index contributed by atoms with van der Waals surface area (Å²) in [5.74, 6) is 0.247. The van der Waals surface area contributed by atoms with Crippen LogP contribution in [0.15, 0.2) is 61.2 Å². The number of halogens is 1. The first-order valence-corrected chi connectivity index (χ1v) is 7.60. The van der Waals surface area contributed by atoms with Crippen molar-refractivity contribution < 1.29 is 4.79 Å². The monoisotopic (exact) mass is 339 g/mol. The van der Waals surface area contributed by atoms with Gasteiger partial charge >= 0.3 is 0 Å². The Morgan fingerprint density at radius 2 is 1.92 bits per heavy atom. The number of nitrogens with one attached hydrogen (secondary N) is 2.